The number of rotatable bonds is 9. The van der Waals surface area contributed by atoms with Crippen LogP contribution in [0, 0.1) is 0 Å². The molecule has 4 unspecified atom stereocenters. The highest BCUT2D eigenvalue weighted by Gasteiger charge is 2.50. The number of nitrogens with zero attached hydrogens (tertiary/aromatic N) is 7. The lowest BCUT2D eigenvalue weighted by Gasteiger charge is -2.18. The molecule has 4 atom stereocenters. The highest BCUT2D eigenvalue weighted by Crippen LogP contribution is 2.36. The van der Waals surface area contributed by atoms with E-state index in [0.717, 1.165) is 5.69 Å². The lowest BCUT2D eigenvalue weighted by atomic mass is 10.1. The maximum Gasteiger partial charge on any atom is 0.341 e. The molecule has 5 rings (SSSR count). The molecule has 34 heavy (non-hydrogen) atoms. The van der Waals surface area contributed by atoms with E-state index in [0.29, 0.717) is 5.75 Å². The van der Waals surface area contributed by atoms with Crippen molar-refractivity contribution in [3.63, 3.8) is 0 Å². The lowest BCUT2D eigenvalue weighted by Crippen LogP contribution is -2.45. The van der Waals surface area contributed by atoms with Gasteiger partial charge in [-0.3, -0.25) is 4.79 Å². The van der Waals surface area contributed by atoms with Crippen molar-refractivity contribution in [2.24, 2.45) is 0 Å². The van der Waals surface area contributed by atoms with Gasteiger partial charge in [-0.15, -0.1) is 0 Å². The van der Waals surface area contributed by atoms with Gasteiger partial charge in [-0.05, 0) is 34.7 Å². The van der Waals surface area contributed by atoms with E-state index in [1.165, 1.54) is 11.0 Å². The lowest BCUT2D eigenvalue weighted by molar-refractivity contribution is -0.143. The van der Waals surface area contributed by atoms with Gasteiger partial charge in [0.15, 0.2) is 0 Å². The Morgan fingerprint density at radius 1 is 1.15 bits per heavy atom. The summed E-state index contributed by atoms with van der Waals surface area (Å²) < 4.78 is 25.5. The fourth-order valence-corrected chi connectivity index (χ4v) is 3.87. The zero-order valence-electron chi connectivity index (χ0n) is 17.6. The number of aliphatic carboxylic acids is 1. The van der Waals surface area contributed by atoms with Gasteiger partial charge in [0.05, 0.1) is 24.9 Å². The van der Waals surface area contributed by atoms with Gasteiger partial charge in [-0.2, -0.15) is 9.78 Å². The van der Waals surface area contributed by atoms with E-state index in [9.17, 15) is 9.59 Å². The van der Waals surface area contributed by atoms with Crippen molar-refractivity contribution in [1.82, 2.24) is 40.3 Å². The third-order valence-electron chi connectivity index (χ3n) is 5.34. The monoisotopic (exact) mass is 472 g/mol. The minimum Gasteiger partial charge on any atom is -0.480 e. The first kappa shape index (κ1) is 21.9. The van der Waals surface area contributed by atoms with E-state index in [1.807, 2.05) is 12.1 Å². The molecular weight excluding hydrogens is 452 g/mol. The zero-order valence-corrected chi connectivity index (χ0v) is 17.6. The van der Waals surface area contributed by atoms with Crippen molar-refractivity contribution < 1.29 is 33.6 Å². The van der Waals surface area contributed by atoms with Crippen molar-refractivity contribution in [1.29, 1.82) is 0 Å². The van der Waals surface area contributed by atoms with E-state index in [2.05, 4.69) is 30.9 Å². The maximum absolute atomic E-state index is 12.0. The highest BCUT2D eigenvalue weighted by atomic mass is 16.6. The van der Waals surface area contributed by atoms with Crippen LogP contribution < -0.4 is 10.1 Å². The standard InChI is InChI=1S/C19H20N8O7/c28-15(7-31-8-16(29)30)22-13-5-32-18-14(6-33-17(13)18)27-19(23-24-25-27)34-12-3-1-11(2-4-12)26-10-20-9-21-26/h1-4,9-10,13-14,17-18H,5-8H2,(H,22,28)(H,29,30). The minimum atomic E-state index is -1.15. The van der Waals surface area contributed by atoms with Crippen molar-refractivity contribution >= 4 is 11.9 Å². The van der Waals surface area contributed by atoms with E-state index >= 15 is 0 Å². The first-order valence-corrected chi connectivity index (χ1v) is 10.3. The average Bonchev–Trinajstić information content (AvgIpc) is 3.61. The van der Waals surface area contributed by atoms with E-state index in [4.69, 9.17) is 24.1 Å². The number of hydrogen-bond donors (Lipinski definition) is 2. The van der Waals surface area contributed by atoms with Crippen molar-refractivity contribution in [3.05, 3.63) is 36.9 Å². The molecule has 15 heteroatoms. The van der Waals surface area contributed by atoms with Crippen LogP contribution >= 0.6 is 0 Å². The number of nitrogens with one attached hydrogen (secondary N) is 1. The third-order valence-corrected chi connectivity index (χ3v) is 5.34. The predicted molar refractivity (Wildman–Crippen MR) is 108 cm³/mol. The minimum absolute atomic E-state index is 0.168. The van der Waals surface area contributed by atoms with Crippen molar-refractivity contribution in [2.45, 2.75) is 24.3 Å². The van der Waals surface area contributed by atoms with Crippen LogP contribution in [0.5, 0.6) is 11.8 Å². The molecule has 2 aromatic heterocycles. The van der Waals surface area contributed by atoms with E-state index in [1.54, 1.807) is 23.1 Å². The summed E-state index contributed by atoms with van der Waals surface area (Å²) in [4.78, 5) is 26.4. The first-order valence-electron chi connectivity index (χ1n) is 10.3. The van der Waals surface area contributed by atoms with Crippen LogP contribution in [0.3, 0.4) is 0 Å². The molecule has 2 saturated heterocycles. The van der Waals surface area contributed by atoms with Crippen LogP contribution in [0.4, 0.5) is 0 Å². The molecule has 15 nitrogen and oxygen atoms in total. The molecule has 0 bridgehead atoms. The average molecular weight is 472 g/mol. The maximum atomic E-state index is 12.0. The van der Waals surface area contributed by atoms with Gasteiger partial charge in [0.1, 0.15) is 49.9 Å². The molecule has 0 radical (unpaired) electrons. The number of hydrogen-bond acceptors (Lipinski definition) is 11. The van der Waals surface area contributed by atoms with Gasteiger partial charge < -0.3 is 29.4 Å². The summed E-state index contributed by atoms with van der Waals surface area (Å²) in [6.07, 6.45) is 2.20. The summed E-state index contributed by atoms with van der Waals surface area (Å²) in [7, 11) is 0. The van der Waals surface area contributed by atoms with Crippen LogP contribution in [0.25, 0.3) is 5.69 Å². The molecule has 2 aliphatic heterocycles. The van der Waals surface area contributed by atoms with Crippen molar-refractivity contribution in [3.8, 4) is 17.4 Å². The molecule has 178 valence electrons. The largest absolute Gasteiger partial charge is 0.480 e. The van der Waals surface area contributed by atoms with Gasteiger partial charge in [-0.25, -0.2) is 14.5 Å². The van der Waals surface area contributed by atoms with E-state index in [-0.39, 0.29) is 31.9 Å². The van der Waals surface area contributed by atoms with Crippen LogP contribution in [-0.2, 0) is 23.8 Å². The summed E-state index contributed by atoms with van der Waals surface area (Å²) in [5, 5.41) is 27.1. The number of fused-ring (bicyclic) bond motifs is 1. The highest BCUT2D eigenvalue weighted by molar-refractivity contribution is 5.78. The summed E-state index contributed by atoms with van der Waals surface area (Å²) in [6.45, 7) is -0.447. The second-order valence-electron chi connectivity index (χ2n) is 7.57. The number of carbonyl (C=O) groups is 2. The Morgan fingerprint density at radius 3 is 2.74 bits per heavy atom. The molecule has 2 N–H and O–H groups in total. The SMILES string of the molecule is O=C(O)COCC(=O)NC1COC2C1OCC2n1nnnc1Oc1ccc(-n2cncn2)cc1. The molecule has 0 spiro atoms. The molecule has 3 aromatic rings. The normalized spacial score (nSPS) is 23.5. The van der Waals surface area contributed by atoms with Gasteiger partial charge >= 0.3 is 12.0 Å². The second-order valence-corrected chi connectivity index (χ2v) is 7.57. The first-order chi connectivity index (χ1) is 16.6. The zero-order chi connectivity index (χ0) is 23.5. The van der Waals surface area contributed by atoms with Crippen LogP contribution in [0.1, 0.15) is 6.04 Å². The van der Waals surface area contributed by atoms with Crippen LogP contribution in [0.2, 0.25) is 0 Å². The number of carboxylic acid groups (broad SMARTS) is 1. The number of carbonyl (C=O) groups excluding carboxylic acids is 1. The smallest absolute Gasteiger partial charge is 0.341 e. The van der Waals surface area contributed by atoms with Crippen molar-refractivity contribution in [2.75, 3.05) is 26.4 Å². The number of ether oxygens (including phenoxy) is 4. The Hall–Kier alpha value is -3.95. The molecule has 1 amide bonds. The third kappa shape index (κ3) is 4.57. The second kappa shape index (κ2) is 9.50. The fraction of sp³-hybridized carbons (Fsp3) is 0.421. The Bertz CT molecular complexity index is 1140. The number of carboxylic acids is 1. The molecule has 2 fully saturated rings. The Kier molecular flexibility index (Phi) is 6.11. The van der Waals surface area contributed by atoms with Gasteiger partial charge in [-0.1, -0.05) is 5.10 Å². The number of aromatic nitrogens is 7. The molecular formula is C19H20N8O7. The molecule has 4 heterocycles. The van der Waals surface area contributed by atoms with E-state index < -0.39 is 36.7 Å². The summed E-state index contributed by atoms with van der Waals surface area (Å²) >= 11 is 0. The number of amides is 1. The molecule has 1 aromatic carbocycles. The Morgan fingerprint density at radius 2 is 1.97 bits per heavy atom. The molecule has 2 aliphatic rings. The predicted octanol–water partition coefficient (Wildman–Crippen LogP) is -1.03. The fourth-order valence-electron chi connectivity index (χ4n) is 3.87. The van der Waals surface area contributed by atoms with Crippen LogP contribution in [0.15, 0.2) is 36.9 Å². The summed E-state index contributed by atoms with van der Waals surface area (Å²) in [5.74, 6) is -1.08. The molecule has 0 saturated carbocycles. The topological polar surface area (TPSA) is 178 Å². The van der Waals surface area contributed by atoms with Gasteiger partial charge in [0.25, 0.3) is 0 Å². The summed E-state index contributed by atoms with van der Waals surface area (Å²) in [5.41, 5.74) is 0.817. The molecule has 0 aliphatic carbocycles. The van der Waals surface area contributed by atoms with Gasteiger partial charge in [0, 0.05) is 0 Å². The number of tetrazole rings is 1. The Balaban J connectivity index is 1.21. The Labute approximate surface area is 191 Å². The van der Waals surface area contributed by atoms with Gasteiger partial charge in [0.2, 0.25) is 5.91 Å². The summed E-state index contributed by atoms with van der Waals surface area (Å²) in [6, 6.07) is 6.54. The quantitative estimate of drug-likeness (QED) is 0.387. The number of benzene rings is 1. The van der Waals surface area contributed by atoms with Crippen LogP contribution in [-0.4, -0.2) is 96.6 Å².